The standard InChI is InChI=1S/C16H27N5/c1-17-15(18-9-4-11-21-12-5-10-19-21)20-13-8-16(14-20)6-2-3-7-16/h5,10,12H,2-4,6-9,11,13-14H2,1H3,(H,17,18). The van der Waals surface area contributed by atoms with Gasteiger partial charge in [0.15, 0.2) is 5.96 Å². The first-order valence-electron chi connectivity index (χ1n) is 8.24. The number of aromatic nitrogens is 2. The minimum atomic E-state index is 0.604. The van der Waals surface area contributed by atoms with Crippen molar-refractivity contribution < 1.29 is 0 Å². The van der Waals surface area contributed by atoms with E-state index in [-0.39, 0.29) is 0 Å². The second kappa shape index (κ2) is 6.50. The molecule has 1 aliphatic heterocycles. The van der Waals surface area contributed by atoms with Crippen LogP contribution in [0.3, 0.4) is 0 Å². The molecule has 1 saturated carbocycles. The summed E-state index contributed by atoms with van der Waals surface area (Å²) in [5.74, 6) is 1.08. The molecule has 1 aromatic rings. The highest BCUT2D eigenvalue weighted by Gasteiger charge is 2.40. The monoisotopic (exact) mass is 289 g/mol. The first-order chi connectivity index (χ1) is 10.3. The molecule has 21 heavy (non-hydrogen) atoms. The van der Waals surface area contributed by atoms with Crippen molar-refractivity contribution >= 4 is 5.96 Å². The lowest BCUT2D eigenvalue weighted by molar-refractivity contribution is 0.309. The van der Waals surface area contributed by atoms with Gasteiger partial charge in [-0.25, -0.2) is 0 Å². The largest absolute Gasteiger partial charge is 0.356 e. The van der Waals surface area contributed by atoms with E-state index in [0.717, 1.165) is 25.5 Å². The smallest absolute Gasteiger partial charge is 0.193 e. The molecule has 1 aliphatic carbocycles. The Labute approximate surface area is 127 Å². The van der Waals surface area contributed by atoms with Crippen LogP contribution < -0.4 is 5.32 Å². The number of hydrogen-bond acceptors (Lipinski definition) is 2. The van der Waals surface area contributed by atoms with Crippen molar-refractivity contribution in [2.75, 3.05) is 26.7 Å². The molecule has 0 atom stereocenters. The molecular formula is C16H27N5. The predicted octanol–water partition coefficient (Wildman–Crippen LogP) is 2.11. The number of nitrogens with zero attached hydrogens (tertiary/aromatic N) is 4. The van der Waals surface area contributed by atoms with E-state index in [2.05, 4.69) is 20.3 Å². The summed E-state index contributed by atoms with van der Waals surface area (Å²) in [5.41, 5.74) is 0.604. The summed E-state index contributed by atoms with van der Waals surface area (Å²) in [6.07, 6.45) is 11.9. The van der Waals surface area contributed by atoms with Gasteiger partial charge in [0, 0.05) is 45.6 Å². The van der Waals surface area contributed by atoms with E-state index >= 15 is 0 Å². The Kier molecular flexibility index (Phi) is 4.46. The third-order valence-electron chi connectivity index (χ3n) is 5.02. The fraction of sp³-hybridized carbons (Fsp3) is 0.750. The van der Waals surface area contributed by atoms with Crippen molar-refractivity contribution in [1.29, 1.82) is 0 Å². The lowest BCUT2D eigenvalue weighted by atomic mass is 9.86. The molecule has 5 nitrogen and oxygen atoms in total. The lowest BCUT2D eigenvalue weighted by Gasteiger charge is -2.25. The highest BCUT2D eigenvalue weighted by atomic mass is 15.3. The lowest BCUT2D eigenvalue weighted by Crippen LogP contribution is -2.41. The van der Waals surface area contributed by atoms with Crippen LogP contribution in [-0.2, 0) is 6.54 Å². The van der Waals surface area contributed by atoms with Gasteiger partial charge in [0.2, 0.25) is 0 Å². The van der Waals surface area contributed by atoms with E-state index in [1.165, 1.54) is 45.2 Å². The second-order valence-corrected chi connectivity index (χ2v) is 6.48. The maximum absolute atomic E-state index is 4.47. The van der Waals surface area contributed by atoms with Crippen molar-refractivity contribution in [2.45, 2.75) is 45.1 Å². The van der Waals surface area contributed by atoms with Gasteiger partial charge in [-0.15, -0.1) is 0 Å². The fourth-order valence-corrected chi connectivity index (χ4v) is 3.86. The Morgan fingerprint density at radius 1 is 1.33 bits per heavy atom. The Bertz CT molecular complexity index is 459. The number of likely N-dealkylation sites (tertiary alicyclic amines) is 1. The third kappa shape index (κ3) is 3.39. The highest BCUT2D eigenvalue weighted by molar-refractivity contribution is 5.80. The van der Waals surface area contributed by atoms with Gasteiger partial charge in [-0.05, 0) is 37.2 Å². The van der Waals surface area contributed by atoms with E-state index in [4.69, 9.17) is 0 Å². The van der Waals surface area contributed by atoms with Crippen LogP contribution >= 0.6 is 0 Å². The van der Waals surface area contributed by atoms with Gasteiger partial charge in [-0.2, -0.15) is 5.10 Å². The number of aryl methyl sites for hydroxylation is 1. The molecule has 0 unspecified atom stereocenters. The molecule has 0 amide bonds. The minimum Gasteiger partial charge on any atom is -0.356 e. The van der Waals surface area contributed by atoms with Gasteiger partial charge >= 0.3 is 0 Å². The summed E-state index contributed by atoms with van der Waals surface area (Å²) in [5, 5.41) is 7.74. The van der Waals surface area contributed by atoms with Gasteiger partial charge in [-0.1, -0.05) is 12.8 Å². The molecule has 1 saturated heterocycles. The van der Waals surface area contributed by atoms with Crippen molar-refractivity contribution in [3.05, 3.63) is 18.5 Å². The van der Waals surface area contributed by atoms with E-state index in [9.17, 15) is 0 Å². The molecule has 116 valence electrons. The molecule has 1 N–H and O–H groups in total. The first kappa shape index (κ1) is 14.4. The van der Waals surface area contributed by atoms with E-state index < -0.39 is 0 Å². The van der Waals surface area contributed by atoms with Crippen LogP contribution in [0.2, 0.25) is 0 Å². The zero-order chi connectivity index (χ0) is 14.5. The first-order valence-corrected chi connectivity index (χ1v) is 8.24. The summed E-state index contributed by atoms with van der Waals surface area (Å²) in [6.45, 7) is 4.28. The number of hydrogen-bond donors (Lipinski definition) is 1. The van der Waals surface area contributed by atoms with Crippen LogP contribution in [0.4, 0.5) is 0 Å². The topological polar surface area (TPSA) is 45.5 Å². The van der Waals surface area contributed by atoms with Crippen LogP contribution in [0, 0.1) is 5.41 Å². The van der Waals surface area contributed by atoms with Gasteiger partial charge < -0.3 is 10.2 Å². The van der Waals surface area contributed by atoms with Crippen LogP contribution in [0.1, 0.15) is 38.5 Å². The highest BCUT2D eigenvalue weighted by Crippen LogP contribution is 2.45. The van der Waals surface area contributed by atoms with Crippen molar-refractivity contribution in [2.24, 2.45) is 10.4 Å². The van der Waals surface area contributed by atoms with Crippen molar-refractivity contribution in [1.82, 2.24) is 20.0 Å². The molecule has 0 bridgehead atoms. The molecule has 2 aliphatic rings. The number of rotatable bonds is 4. The van der Waals surface area contributed by atoms with E-state index in [1.807, 2.05) is 30.2 Å². The zero-order valence-electron chi connectivity index (χ0n) is 13.1. The van der Waals surface area contributed by atoms with Crippen LogP contribution in [0.15, 0.2) is 23.5 Å². The summed E-state index contributed by atoms with van der Waals surface area (Å²) in [6, 6.07) is 1.97. The Morgan fingerprint density at radius 3 is 2.90 bits per heavy atom. The summed E-state index contributed by atoms with van der Waals surface area (Å²) in [4.78, 5) is 6.93. The van der Waals surface area contributed by atoms with Crippen LogP contribution in [-0.4, -0.2) is 47.3 Å². The van der Waals surface area contributed by atoms with E-state index in [1.54, 1.807) is 0 Å². The van der Waals surface area contributed by atoms with Gasteiger partial charge in [-0.3, -0.25) is 9.67 Å². The normalized spacial score (nSPS) is 21.4. The molecule has 0 aromatic carbocycles. The molecule has 2 fully saturated rings. The van der Waals surface area contributed by atoms with Gasteiger partial charge in [0.25, 0.3) is 0 Å². The quantitative estimate of drug-likeness (QED) is 0.524. The molecular weight excluding hydrogens is 262 g/mol. The molecule has 0 radical (unpaired) electrons. The third-order valence-corrected chi connectivity index (χ3v) is 5.02. The second-order valence-electron chi connectivity index (χ2n) is 6.48. The van der Waals surface area contributed by atoms with Gasteiger partial charge in [0.05, 0.1) is 0 Å². The minimum absolute atomic E-state index is 0.604. The van der Waals surface area contributed by atoms with Crippen LogP contribution in [0.25, 0.3) is 0 Å². The zero-order valence-corrected chi connectivity index (χ0v) is 13.1. The summed E-state index contributed by atoms with van der Waals surface area (Å²) in [7, 11) is 1.90. The summed E-state index contributed by atoms with van der Waals surface area (Å²) >= 11 is 0. The maximum atomic E-state index is 4.47. The van der Waals surface area contributed by atoms with Gasteiger partial charge in [0.1, 0.15) is 0 Å². The Balaban J connectivity index is 1.43. The fourth-order valence-electron chi connectivity index (χ4n) is 3.86. The summed E-state index contributed by atoms with van der Waals surface area (Å²) < 4.78 is 1.98. The van der Waals surface area contributed by atoms with Crippen LogP contribution in [0.5, 0.6) is 0 Å². The maximum Gasteiger partial charge on any atom is 0.193 e. The number of guanidine groups is 1. The SMILES string of the molecule is CN=C(NCCCn1cccn1)N1CCC2(CCCC2)C1. The Morgan fingerprint density at radius 2 is 2.19 bits per heavy atom. The molecule has 1 aromatic heterocycles. The molecule has 1 spiro atoms. The molecule has 3 rings (SSSR count). The Hall–Kier alpha value is -1.52. The predicted molar refractivity (Wildman–Crippen MR) is 85.3 cm³/mol. The molecule has 2 heterocycles. The molecule has 5 heteroatoms. The average molecular weight is 289 g/mol. The van der Waals surface area contributed by atoms with E-state index in [0.29, 0.717) is 5.41 Å². The van der Waals surface area contributed by atoms with Crippen molar-refractivity contribution in [3.63, 3.8) is 0 Å². The van der Waals surface area contributed by atoms with Crippen molar-refractivity contribution in [3.8, 4) is 0 Å². The number of nitrogens with one attached hydrogen (secondary N) is 1. The number of aliphatic imine (C=N–C) groups is 1. The average Bonchev–Trinajstić information content (AvgIpc) is 3.24.